The number of carbonyl (C=O) groups is 1. The van der Waals surface area contributed by atoms with Crippen molar-refractivity contribution in [3.63, 3.8) is 0 Å². The molecule has 1 aromatic heterocycles. The molecule has 0 aliphatic heterocycles. The van der Waals surface area contributed by atoms with Crippen LogP contribution in [0, 0.1) is 0 Å². The smallest absolute Gasteiger partial charge is 0.284 e. The normalized spacial score (nSPS) is 12.9. The highest BCUT2D eigenvalue weighted by molar-refractivity contribution is 6.01. The van der Waals surface area contributed by atoms with Crippen molar-refractivity contribution in [2.75, 3.05) is 0 Å². The number of halogens is 3. The van der Waals surface area contributed by atoms with Crippen molar-refractivity contribution in [3.05, 3.63) is 17.5 Å². The highest BCUT2D eigenvalue weighted by Gasteiger charge is 2.42. The Kier molecular flexibility index (Phi) is 2.63. The predicted octanol–water partition coefficient (Wildman–Crippen LogP) is 2.45. The SMILES string of the molecule is CC(C)(C)c1[nH]ncc1C(=O)C(F)(F)F. The molecular weight excluding hydrogens is 209 g/mol. The van der Waals surface area contributed by atoms with Crippen LogP contribution in [-0.4, -0.2) is 22.2 Å². The molecule has 0 saturated carbocycles. The van der Waals surface area contributed by atoms with E-state index >= 15 is 0 Å². The number of alkyl halides is 3. The number of H-pyrrole nitrogens is 1. The van der Waals surface area contributed by atoms with Gasteiger partial charge in [0.25, 0.3) is 5.78 Å². The molecule has 1 aromatic rings. The van der Waals surface area contributed by atoms with Crippen LogP contribution in [0.4, 0.5) is 13.2 Å². The van der Waals surface area contributed by atoms with E-state index in [0.717, 1.165) is 6.20 Å². The van der Waals surface area contributed by atoms with Crippen LogP contribution in [0.25, 0.3) is 0 Å². The van der Waals surface area contributed by atoms with Crippen LogP contribution in [0.2, 0.25) is 0 Å². The zero-order valence-electron chi connectivity index (χ0n) is 8.57. The second-order valence-electron chi connectivity index (χ2n) is 4.24. The third-order valence-electron chi connectivity index (χ3n) is 1.89. The molecule has 0 atom stereocenters. The van der Waals surface area contributed by atoms with Gasteiger partial charge in [-0.25, -0.2) is 0 Å². The highest BCUT2D eigenvalue weighted by Crippen LogP contribution is 2.28. The predicted molar refractivity (Wildman–Crippen MR) is 47.7 cm³/mol. The molecule has 3 nitrogen and oxygen atoms in total. The van der Waals surface area contributed by atoms with Gasteiger partial charge in [-0.1, -0.05) is 20.8 Å². The molecular formula is C9H11F3N2O. The summed E-state index contributed by atoms with van der Waals surface area (Å²) in [5.74, 6) is -1.86. The van der Waals surface area contributed by atoms with Crippen LogP contribution in [0.3, 0.4) is 0 Å². The standard InChI is InChI=1S/C9H11F3N2O/c1-8(2,3)6-5(4-13-14-6)7(15)9(10,11)12/h4H,1-3H3,(H,13,14). The monoisotopic (exact) mass is 220 g/mol. The van der Waals surface area contributed by atoms with E-state index in [1.54, 1.807) is 20.8 Å². The van der Waals surface area contributed by atoms with Gasteiger partial charge in [0.2, 0.25) is 0 Å². The maximum absolute atomic E-state index is 12.2. The molecule has 15 heavy (non-hydrogen) atoms. The first-order valence-corrected chi connectivity index (χ1v) is 4.29. The summed E-state index contributed by atoms with van der Waals surface area (Å²) in [6.45, 7) is 5.11. The van der Waals surface area contributed by atoms with Gasteiger partial charge in [-0.2, -0.15) is 18.3 Å². The first-order valence-electron chi connectivity index (χ1n) is 4.29. The minimum Gasteiger partial charge on any atom is -0.284 e. The molecule has 1 heterocycles. The largest absolute Gasteiger partial charge is 0.454 e. The summed E-state index contributed by atoms with van der Waals surface area (Å²) in [5, 5.41) is 5.91. The number of rotatable bonds is 1. The molecule has 0 fully saturated rings. The van der Waals surface area contributed by atoms with Gasteiger partial charge in [-0.3, -0.25) is 9.89 Å². The number of hydrogen-bond donors (Lipinski definition) is 1. The van der Waals surface area contributed by atoms with Gasteiger partial charge in [0.15, 0.2) is 0 Å². The Bertz CT molecular complexity index is 373. The molecule has 0 unspecified atom stereocenters. The van der Waals surface area contributed by atoms with Crippen molar-refractivity contribution in [2.24, 2.45) is 0 Å². The van der Waals surface area contributed by atoms with Crippen LogP contribution >= 0.6 is 0 Å². The van der Waals surface area contributed by atoms with Crippen molar-refractivity contribution in [1.82, 2.24) is 10.2 Å². The molecule has 0 bridgehead atoms. The number of carbonyl (C=O) groups excluding carboxylic acids is 1. The summed E-state index contributed by atoms with van der Waals surface area (Å²) in [5.41, 5.74) is -0.785. The zero-order valence-corrected chi connectivity index (χ0v) is 8.57. The fraction of sp³-hybridized carbons (Fsp3) is 0.556. The molecule has 0 saturated heterocycles. The Morgan fingerprint density at radius 3 is 2.27 bits per heavy atom. The summed E-state index contributed by atoms with van der Waals surface area (Å²) in [6.07, 6.45) is -3.94. The van der Waals surface area contributed by atoms with Crippen molar-refractivity contribution in [2.45, 2.75) is 32.4 Å². The number of nitrogens with one attached hydrogen (secondary N) is 1. The Hall–Kier alpha value is -1.33. The summed E-state index contributed by atoms with van der Waals surface area (Å²) in [7, 11) is 0. The quantitative estimate of drug-likeness (QED) is 0.739. The first kappa shape index (κ1) is 11.7. The maximum Gasteiger partial charge on any atom is 0.454 e. The Balaban J connectivity index is 3.18. The maximum atomic E-state index is 12.2. The van der Waals surface area contributed by atoms with Crippen LogP contribution in [-0.2, 0) is 5.41 Å². The van der Waals surface area contributed by atoms with Crippen LogP contribution in [0.5, 0.6) is 0 Å². The van der Waals surface area contributed by atoms with Crippen molar-refractivity contribution >= 4 is 5.78 Å². The fourth-order valence-electron chi connectivity index (χ4n) is 1.18. The Morgan fingerprint density at radius 2 is 1.87 bits per heavy atom. The number of ketones is 1. The average molecular weight is 220 g/mol. The van der Waals surface area contributed by atoms with Gasteiger partial charge in [0, 0.05) is 5.41 Å². The van der Waals surface area contributed by atoms with E-state index in [4.69, 9.17) is 0 Å². The summed E-state index contributed by atoms with van der Waals surface area (Å²) in [6, 6.07) is 0. The Labute approximate surface area is 84.7 Å². The molecule has 0 aliphatic carbocycles. The van der Waals surface area contributed by atoms with E-state index in [2.05, 4.69) is 10.2 Å². The molecule has 6 heteroatoms. The first-order chi connectivity index (χ1) is 6.64. The topological polar surface area (TPSA) is 45.8 Å². The van der Waals surface area contributed by atoms with E-state index in [1.165, 1.54) is 0 Å². The van der Waals surface area contributed by atoms with E-state index < -0.39 is 22.9 Å². The summed E-state index contributed by atoms with van der Waals surface area (Å²) in [4.78, 5) is 11.0. The molecule has 1 rings (SSSR count). The number of aromatic nitrogens is 2. The third-order valence-corrected chi connectivity index (χ3v) is 1.89. The summed E-state index contributed by atoms with van der Waals surface area (Å²) < 4.78 is 36.6. The van der Waals surface area contributed by atoms with E-state index in [0.29, 0.717) is 0 Å². The minimum atomic E-state index is -4.86. The zero-order chi connectivity index (χ0) is 11.9. The molecule has 0 aromatic carbocycles. The lowest BCUT2D eigenvalue weighted by Crippen LogP contribution is -2.26. The molecule has 0 aliphatic rings. The van der Waals surface area contributed by atoms with Crippen LogP contribution in [0.1, 0.15) is 36.8 Å². The van der Waals surface area contributed by atoms with Crippen molar-refractivity contribution in [3.8, 4) is 0 Å². The second-order valence-corrected chi connectivity index (χ2v) is 4.24. The van der Waals surface area contributed by atoms with Crippen molar-refractivity contribution in [1.29, 1.82) is 0 Å². The molecule has 0 radical (unpaired) electrons. The minimum absolute atomic E-state index is 0.199. The molecule has 0 spiro atoms. The van der Waals surface area contributed by atoms with E-state index in [9.17, 15) is 18.0 Å². The number of aromatic amines is 1. The Morgan fingerprint density at radius 1 is 1.33 bits per heavy atom. The average Bonchev–Trinajstić information content (AvgIpc) is 2.47. The number of Topliss-reactive ketones (excluding diaryl/α,β-unsaturated/α-hetero) is 1. The van der Waals surface area contributed by atoms with E-state index in [1.807, 2.05) is 0 Å². The van der Waals surface area contributed by atoms with Gasteiger partial charge in [0.05, 0.1) is 17.5 Å². The van der Waals surface area contributed by atoms with Gasteiger partial charge in [0.1, 0.15) is 0 Å². The van der Waals surface area contributed by atoms with Gasteiger partial charge in [-0.15, -0.1) is 0 Å². The highest BCUT2D eigenvalue weighted by atomic mass is 19.4. The second kappa shape index (κ2) is 3.36. The van der Waals surface area contributed by atoms with Gasteiger partial charge < -0.3 is 0 Å². The lowest BCUT2D eigenvalue weighted by atomic mass is 9.88. The lowest BCUT2D eigenvalue weighted by molar-refractivity contribution is -0.0886. The number of nitrogens with zero attached hydrogens (tertiary/aromatic N) is 1. The summed E-state index contributed by atoms with van der Waals surface area (Å²) >= 11 is 0. The molecule has 84 valence electrons. The third kappa shape index (κ3) is 2.37. The van der Waals surface area contributed by atoms with Gasteiger partial charge in [-0.05, 0) is 0 Å². The molecule has 0 amide bonds. The molecule has 1 N–H and O–H groups in total. The number of hydrogen-bond acceptors (Lipinski definition) is 2. The van der Waals surface area contributed by atoms with Crippen LogP contribution < -0.4 is 0 Å². The van der Waals surface area contributed by atoms with Crippen molar-refractivity contribution < 1.29 is 18.0 Å². The van der Waals surface area contributed by atoms with E-state index in [-0.39, 0.29) is 5.69 Å². The van der Waals surface area contributed by atoms with Crippen LogP contribution in [0.15, 0.2) is 6.20 Å². The van der Waals surface area contributed by atoms with Gasteiger partial charge >= 0.3 is 6.18 Å². The lowest BCUT2D eigenvalue weighted by Gasteiger charge is -2.18. The fourth-order valence-corrected chi connectivity index (χ4v) is 1.18.